The van der Waals surface area contributed by atoms with Crippen LogP contribution in [0.25, 0.3) is 11.0 Å². The number of fused-ring (bicyclic) bond motifs is 1. The van der Waals surface area contributed by atoms with Gasteiger partial charge in [0.1, 0.15) is 22.1 Å². The first kappa shape index (κ1) is 17.7. The minimum Gasteiger partial charge on any atom is -0.335 e. The van der Waals surface area contributed by atoms with E-state index < -0.39 is 10.0 Å². The molecule has 5 N–H and O–H groups in total. The number of nitrogens with one attached hydrogen (secondary N) is 3. The van der Waals surface area contributed by atoms with Gasteiger partial charge < -0.3 is 10.3 Å². The highest BCUT2D eigenvalue weighted by atomic mass is 32.2. The molecule has 0 radical (unpaired) electrons. The van der Waals surface area contributed by atoms with Crippen LogP contribution >= 0.6 is 0 Å². The van der Waals surface area contributed by atoms with E-state index in [1.165, 1.54) is 17.1 Å². The van der Waals surface area contributed by atoms with Crippen LogP contribution in [0.1, 0.15) is 10.5 Å². The molecule has 0 aliphatic carbocycles. The molecular formula is C14H16N8O3S. The number of primary sulfonamides is 1. The highest BCUT2D eigenvalue weighted by Gasteiger charge is 2.12. The number of amides is 1. The second-order valence-corrected chi connectivity index (χ2v) is 7.13. The fraction of sp³-hybridized carbons (Fsp3) is 0.143. The molecule has 0 fully saturated rings. The van der Waals surface area contributed by atoms with E-state index in [1.54, 1.807) is 26.4 Å². The van der Waals surface area contributed by atoms with Crippen LogP contribution in [0.3, 0.4) is 0 Å². The van der Waals surface area contributed by atoms with Gasteiger partial charge >= 0.3 is 0 Å². The third-order valence-corrected chi connectivity index (χ3v) is 4.14. The van der Waals surface area contributed by atoms with Crippen molar-refractivity contribution < 1.29 is 13.2 Å². The average molecular weight is 376 g/mol. The smallest absolute Gasteiger partial charge is 0.282 e. The van der Waals surface area contributed by atoms with Crippen molar-refractivity contribution in [1.29, 1.82) is 0 Å². The number of nitrogens with two attached hydrogens (primary N) is 1. The van der Waals surface area contributed by atoms with Gasteiger partial charge in [0.2, 0.25) is 16.0 Å². The van der Waals surface area contributed by atoms with E-state index in [0.717, 1.165) is 6.20 Å². The zero-order valence-corrected chi connectivity index (χ0v) is 14.7. The number of rotatable bonds is 5. The van der Waals surface area contributed by atoms with Crippen LogP contribution in [-0.2, 0) is 10.0 Å². The second-order valence-electron chi connectivity index (χ2n) is 5.57. The van der Waals surface area contributed by atoms with Crippen LogP contribution in [0.4, 0.5) is 11.8 Å². The van der Waals surface area contributed by atoms with E-state index in [4.69, 9.17) is 5.14 Å². The normalized spacial score (nSPS) is 11.7. The van der Waals surface area contributed by atoms with E-state index in [9.17, 15) is 13.2 Å². The highest BCUT2D eigenvalue weighted by molar-refractivity contribution is 7.89. The Kier molecular flexibility index (Phi) is 4.54. The Hall–Kier alpha value is -3.09. The second kappa shape index (κ2) is 6.67. The van der Waals surface area contributed by atoms with Crippen LogP contribution in [0.15, 0.2) is 35.5 Å². The first-order valence-corrected chi connectivity index (χ1v) is 8.87. The lowest BCUT2D eigenvalue weighted by Gasteiger charge is -2.09. The fourth-order valence-corrected chi connectivity index (χ4v) is 2.56. The number of carbonyl (C=O) groups is 1. The first-order chi connectivity index (χ1) is 12.2. The van der Waals surface area contributed by atoms with E-state index in [1.807, 2.05) is 0 Å². The first-order valence-electron chi connectivity index (χ1n) is 7.32. The number of anilines is 2. The van der Waals surface area contributed by atoms with Crippen molar-refractivity contribution in [2.75, 3.05) is 19.4 Å². The van der Waals surface area contributed by atoms with Crippen molar-refractivity contribution in [1.82, 2.24) is 30.4 Å². The number of aromatic amines is 1. The molecule has 3 heterocycles. The Morgan fingerprint density at radius 2 is 2.00 bits per heavy atom. The third kappa shape index (κ3) is 3.93. The summed E-state index contributed by atoms with van der Waals surface area (Å²) >= 11 is 0. The zero-order valence-electron chi connectivity index (χ0n) is 13.9. The van der Waals surface area contributed by atoms with Crippen molar-refractivity contribution in [3.63, 3.8) is 0 Å². The summed E-state index contributed by atoms with van der Waals surface area (Å²) in [5, 5.41) is 10.1. The largest absolute Gasteiger partial charge is 0.335 e. The monoisotopic (exact) mass is 376 g/mol. The Labute approximate surface area is 148 Å². The molecule has 3 aromatic heterocycles. The van der Waals surface area contributed by atoms with E-state index in [-0.39, 0.29) is 16.8 Å². The number of hydrazine groups is 1. The molecule has 12 heteroatoms. The van der Waals surface area contributed by atoms with Gasteiger partial charge in [-0.25, -0.2) is 28.5 Å². The Morgan fingerprint density at radius 1 is 1.23 bits per heavy atom. The Bertz CT molecular complexity index is 1060. The predicted octanol–water partition coefficient (Wildman–Crippen LogP) is -0.0497. The van der Waals surface area contributed by atoms with Gasteiger partial charge in [0.15, 0.2) is 0 Å². The highest BCUT2D eigenvalue weighted by Crippen LogP contribution is 2.17. The lowest BCUT2D eigenvalue weighted by atomic mass is 10.3. The molecule has 0 saturated heterocycles. The van der Waals surface area contributed by atoms with Gasteiger partial charge in [-0.15, -0.1) is 0 Å². The molecule has 0 bridgehead atoms. The molecule has 11 nitrogen and oxygen atoms in total. The summed E-state index contributed by atoms with van der Waals surface area (Å²) in [4.78, 5) is 27.2. The van der Waals surface area contributed by atoms with Crippen molar-refractivity contribution >= 4 is 38.7 Å². The molecule has 0 saturated carbocycles. The number of aromatic nitrogens is 4. The van der Waals surface area contributed by atoms with Gasteiger partial charge in [0, 0.05) is 31.9 Å². The number of carbonyl (C=O) groups excluding carboxylic acids is 1. The molecule has 3 aromatic rings. The predicted molar refractivity (Wildman–Crippen MR) is 93.9 cm³/mol. The number of sulfonamides is 1. The van der Waals surface area contributed by atoms with Crippen LogP contribution < -0.4 is 15.9 Å². The Morgan fingerprint density at radius 3 is 2.62 bits per heavy atom. The number of pyridine rings is 1. The van der Waals surface area contributed by atoms with Gasteiger partial charge in [-0.3, -0.25) is 10.2 Å². The molecule has 1 amide bonds. The summed E-state index contributed by atoms with van der Waals surface area (Å²) in [5.41, 5.74) is 3.43. The summed E-state index contributed by atoms with van der Waals surface area (Å²) in [6, 6.07) is 4.40. The van der Waals surface area contributed by atoms with Crippen LogP contribution in [-0.4, -0.2) is 53.4 Å². The van der Waals surface area contributed by atoms with E-state index >= 15 is 0 Å². The maximum Gasteiger partial charge on any atom is 0.282 e. The summed E-state index contributed by atoms with van der Waals surface area (Å²) in [6.45, 7) is 0. The molecule has 136 valence electrons. The average Bonchev–Trinajstić information content (AvgIpc) is 2.97. The van der Waals surface area contributed by atoms with Crippen LogP contribution in [0.2, 0.25) is 0 Å². The van der Waals surface area contributed by atoms with E-state index in [2.05, 4.69) is 30.7 Å². The summed E-state index contributed by atoms with van der Waals surface area (Å²) in [5.74, 6) is 0.270. The topological polar surface area (TPSA) is 159 Å². The summed E-state index contributed by atoms with van der Waals surface area (Å²) in [6.07, 6.45) is 2.68. The minimum atomic E-state index is -3.80. The molecule has 0 aromatic carbocycles. The number of hydrogen-bond donors (Lipinski definition) is 4. The zero-order chi connectivity index (χ0) is 18.9. The quantitative estimate of drug-likeness (QED) is 0.451. The van der Waals surface area contributed by atoms with Crippen LogP contribution in [0, 0.1) is 0 Å². The summed E-state index contributed by atoms with van der Waals surface area (Å²) in [7, 11) is -0.393. The van der Waals surface area contributed by atoms with Crippen molar-refractivity contribution in [3.05, 3.63) is 36.3 Å². The number of H-pyrrole nitrogens is 1. The third-order valence-electron chi connectivity index (χ3n) is 3.24. The van der Waals surface area contributed by atoms with Crippen LogP contribution in [0.5, 0.6) is 0 Å². The van der Waals surface area contributed by atoms with Crippen molar-refractivity contribution in [2.45, 2.75) is 4.90 Å². The number of nitrogens with zero attached hydrogens (tertiary/aromatic N) is 4. The van der Waals surface area contributed by atoms with Gasteiger partial charge in [-0.1, -0.05) is 0 Å². The maximum absolute atomic E-state index is 12.0. The molecule has 0 unspecified atom stereocenters. The SMILES string of the molecule is CN(C)NC(=O)c1cc2cnc(Nc3ccc(S(N)(=O)=O)cn3)nc2[nH]1. The van der Waals surface area contributed by atoms with Gasteiger partial charge in [-0.2, -0.15) is 4.98 Å². The molecule has 3 rings (SSSR count). The molecular weight excluding hydrogens is 360 g/mol. The lowest BCUT2D eigenvalue weighted by molar-refractivity contribution is 0.0852. The van der Waals surface area contributed by atoms with E-state index in [0.29, 0.717) is 22.5 Å². The number of hydrogen-bond acceptors (Lipinski definition) is 8. The van der Waals surface area contributed by atoms with Gasteiger partial charge in [-0.05, 0) is 18.2 Å². The maximum atomic E-state index is 12.0. The van der Waals surface area contributed by atoms with Crippen molar-refractivity contribution in [2.24, 2.45) is 5.14 Å². The molecule has 0 aliphatic heterocycles. The van der Waals surface area contributed by atoms with Crippen molar-refractivity contribution in [3.8, 4) is 0 Å². The Balaban J connectivity index is 1.82. The fourth-order valence-electron chi connectivity index (χ4n) is 2.10. The molecule has 0 spiro atoms. The molecule has 0 aliphatic rings. The summed E-state index contributed by atoms with van der Waals surface area (Å²) < 4.78 is 22.5. The standard InChI is InChI=1S/C14H16N8O3S/c1-22(2)21-13(23)10-5-8-6-17-14(20-12(8)18-10)19-11-4-3-9(7-16-11)26(15,24)25/h3-7H,1-2H3,(H,21,23)(H2,15,24,25)(H2,16,17,18,19,20). The van der Waals surface area contributed by atoms with Gasteiger partial charge in [0.05, 0.1) is 0 Å². The molecule has 0 atom stereocenters. The van der Waals surface area contributed by atoms with Gasteiger partial charge in [0.25, 0.3) is 5.91 Å². The minimum absolute atomic E-state index is 0.0969. The lowest BCUT2D eigenvalue weighted by Crippen LogP contribution is -2.36. The molecule has 26 heavy (non-hydrogen) atoms.